The molecule has 1 heterocycles. The van der Waals surface area contributed by atoms with Gasteiger partial charge in [0.05, 0.1) is 12.4 Å². The third-order valence-electron chi connectivity index (χ3n) is 4.24. The molecule has 0 atom stereocenters. The van der Waals surface area contributed by atoms with Gasteiger partial charge in [0.1, 0.15) is 5.75 Å². The number of hydrogen-bond donors (Lipinski definition) is 2. The van der Waals surface area contributed by atoms with Crippen LogP contribution in [0.1, 0.15) is 20.3 Å². The summed E-state index contributed by atoms with van der Waals surface area (Å²) >= 11 is 7.36. The molecule has 3 rings (SSSR count). The van der Waals surface area contributed by atoms with Gasteiger partial charge in [0.25, 0.3) is 0 Å². The number of hydrogen-bond acceptors (Lipinski definition) is 6. The number of halogens is 1. The van der Waals surface area contributed by atoms with Gasteiger partial charge < -0.3 is 10.1 Å². The van der Waals surface area contributed by atoms with E-state index < -0.39 is 11.9 Å². The van der Waals surface area contributed by atoms with Crippen molar-refractivity contribution in [2.24, 2.45) is 0 Å². The van der Waals surface area contributed by atoms with E-state index in [0.717, 1.165) is 23.4 Å². The summed E-state index contributed by atoms with van der Waals surface area (Å²) < 4.78 is 7.37. The second kappa shape index (κ2) is 11.5. The molecule has 0 unspecified atom stereocenters. The first-order chi connectivity index (χ1) is 15.5. The van der Waals surface area contributed by atoms with Crippen molar-refractivity contribution in [2.75, 3.05) is 18.9 Å². The van der Waals surface area contributed by atoms with Crippen LogP contribution in [0.15, 0.2) is 53.7 Å². The van der Waals surface area contributed by atoms with Crippen molar-refractivity contribution in [3.8, 4) is 22.8 Å². The van der Waals surface area contributed by atoms with Crippen LogP contribution < -0.4 is 15.4 Å². The maximum absolute atomic E-state index is 12.2. The second-order valence-electron chi connectivity index (χ2n) is 6.67. The van der Waals surface area contributed by atoms with Gasteiger partial charge in [0.15, 0.2) is 11.0 Å². The molecule has 3 aromatic rings. The van der Waals surface area contributed by atoms with Gasteiger partial charge in [-0.05, 0) is 49.7 Å². The van der Waals surface area contributed by atoms with E-state index in [4.69, 9.17) is 16.3 Å². The molecule has 0 aliphatic heterocycles. The van der Waals surface area contributed by atoms with Crippen LogP contribution >= 0.6 is 23.4 Å². The second-order valence-corrected chi connectivity index (χ2v) is 8.05. The van der Waals surface area contributed by atoms with Crippen LogP contribution in [-0.2, 0) is 4.79 Å². The highest BCUT2D eigenvalue weighted by Crippen LogP contribution is 2.30. The Morgan fingerprint density at radius 2 is 1.91 bits per heavy atom. The Hall–Kier alpha value is -3.04. The fourth-order valence-electron chi connectivity index (χ4n) is 2.84. The SMILES string of the molecule is CCCNC(=O)NC(=O)CSc1nnc(-c2cccc(Cl)c2)n1-c1ccc(OCC)cc1. The number of benzene rings is 2. The number of rotatable bonds is 9. The van der Waals surface area contributed by atoms with Crippen molar-refractivity contribution in [3.63, 3.8) is 0 Å². The maximum atomic E-state index is 12.2. The van der Waals surface area contributed by atoms with Gasteiger partial charge in [-0.1, -0.05) is 42.4 Å². The minimum absolute atomic E-state index is 0.00422. The molecule has 0 fully saturated rings. The Morgan fingerprint density at radius 3 is 2.59 bits per heavy atom. The number of carbonyl (C=O) groups excluding carboxylic acids is 2. The number of nitrogens with zero attached hydrogens (tertiary/aromatic N) is 3. The lowest BCUT2D eigenvalue weighted by atomic mass is 10.2. The molecule has 0 aliphatic rings. The van der Waals surface area contributed by atoms with Crippen LogP contribution in [0.4, 0.5) is 4.79 Å². The van der Waals surface area contributed by atoms with E-state index in [1.54, 1.807) is 12.1 Å². The lowest BCUT2D eigenvalue weighted by molar-refractivity contribution is -0.117. The summed E-state index contributed by atoms with van der Waals surface area (Å²) in [5.74, 6) is 0.916. The zero-order chi connectivity index (χ0) is 22.9. The van der Waals surface area contributed by atoms with Gasteiger partial charge in [-0.25, -0.2) is 4.79 Å². The van der Waals surface area contributed by atoms with Crippen molar-refractivity contribution in [2.45, 2.75) is 25.4 Å². The largest absolute Gasteiger partial charge is 0.494 e. The minimum Gasteiger partial charge on any atom is -0.494 e. The molecule has 0 saturated heterocycles. The highest BCUT2D eigenvalue weighted by Gasteiger charge is 2.18. The van der Waals surface area contributed by atoms with E-state index in [-0.39, 0.29) is 5.75 Å². The number of carbonyl (C=O) groups is 2. The molecule has 1 aromatic heterocycles. The van der Waals surface area contributed by atoms with E-state index in [1.807, 2.05) is 54.8 Å². The van der Waals surface area contributed by atoms with Crippen LogP contribution in [0.2, 0.25) is 5.02 Å². The quantitative estimate of drug-likeness (QED) is 0.449. The molecule has 0 saturated carbocycles. The average molecular weight is 474 g/mol. The molecule has 0 aliphatic carbocycles. The Bertz CT molecular complexity index is 1070. The van der Waals surface area contributed by atoms with Crippen molar-refractivity contribution in [1.29, 1.82) is 0 Å². The van der Waals surface area contributed by atoms with Crippen molar-refractivity contribution >= 4 is 35.3 Å². The van der Waals surface area contributed by atoms with Crippen LogP contribution in [0.25, 0.3) is 17.1 Å². The number of aromatic nitrogens is 3. The summed E-state index contributed by atoms with van der Waals surface area (Å²) in [6.45, 7) is 4.93. The first-order valence-corrected chi connectivity index (χ1v) is 11.5. The number of amides is 3. The summed E-state index contributed by atoms with van der Waals surface area (Å²) in [4.78, 5) is 23.9. The zero-order valence-corrected chi connectivity index (χ0v) is 19.4. The summed E-state index contributed by atoms with van der Waals surface area (Å²) in [5.41, 5.74) is 1.59. The lowest BCUT2D eigenvalue weighted by Crippen LogP contribution is -2.40. The number of thioether (sulfide) groups is 1. The van der Waals surface area contributed by atoms with Crippen molar-refractivity contribution in [3.05, 3.63) is 53.6 Å². The zero-order valence-electron chi connectivity index (χ0n) is 17.8. The molecular weight excluding hydrogens is 450 g/mol. The smallest absolute Gasteiger partial charge is 0.321 e. The van der Waals surface area contributed by atoms with Gasteiger partial charge >= 0.3 is 6.03 Å². The molecule has 32 heavy (non-hydrogen) atoms. The average Bonchev–Trinajstić information content (AvgIpc) is 3.21. The highest BCUT2D eigenvalue weighted by molar-refractivity contribution is 7.99. The summed E-state index contributed by atoms with van der Waals surface area (Å²) in [5, 5.41) is 14.6. The number of ether oxygens (including phenoxy) is 1. The van der Waals surface area contributed by atoms with E-state index in [9.17, 15) is 9.59 Å². The van der Waals surface area contributed by atoms with Crippen LogP contribution in [0.3, 0.4) is 0 Å². The van der Waals surface area contributed by atoms with Crippen molar-refractivity contribution in [1.82, 2.24) is 25.4 Å². The highest BCUT2D eigenvalue weighted by atomic mass is 35.5. The lowest BCUT2D eigenvalue weighted by Gasteiger charge is -2.12. The Kier molecular flexibility index (Phi) is 8.52. The number of urea groups is 1. The molecule has 0 bridgehead atoms. The molecular formula is C22H24ClN5O3S. The molecule has 10 heteroatoms. The molecule has 2 N–H and O–H groups in total. The standard InChI is InChI=1S/C22H24ClN5O3S/c1-3-12-24-21(30)25-19(29)14-32-22-27-26-20(15-6-5-7-16(23)13-15)28(22)17-8-10-18(11-9-17)31-4-2/h5-11,13H,3-4,12,14H2,1-2H3,(H2,24,25,29,30). The summed E-state index contributed by atoms with van der Waals surface area (Å²) in [7, 11) is 0. The molecule has 2 aromatic carbocycles. The molecule has 168 valence electrons. The van der Waals surface area contributed by atoms with Gasteiger partial charge in [0, 0.05) is 22.8 Å². The summed E-state index contributed by atoms with van der Waals surface area (Å²) in [6.07, 6.45) is 0.786. The van der Waals surface area contributed by atoms with Crippen LogP contribution in [0.5, 0.6) is 5.75 Å². The Labute approximate surface area is 195 Å². The normalized spacial score (nSPS) is 10.6. The van der Waals surface area contributed by atoms with Crippen LogP contribution in [0, 0.1) is 0 Å². The molecule has 0 spiro atoms. The van der Waals surface area contributed by atoms with Gasteiger partial charge in [0.2, 0.25) is 5.91 Å². The third-order valence-corrected chi connectivity index (χ3v) is 5.41. The van der Waals surface area contributed by atoms with E-state index in [1.165, 1.54) is 11.8 Å². The van der Waals surface area contributed by atoms with Gasteiger partial charge in [-0.15, -0.1) is 10.2 Å². The molecule has 0 radical (unpaired) electrons. The van der Waals surface area contributed by atoms with E-state index in [0.29, 0.717) is 29.2 Å². The Balaban J connectivity index is 1.86. The monoisotopic (exact) mass is 473 g/mol. The Morgan fingerprint density at radius 1 is 1.12 bits per heavy atom. The third kappa shape index (κ3) is 6.24. The number of nitrogens with one attached hydrogen (secondary N) is 2. The predicted octanol–water partition coefficient (Wildman–Crippen LogP) is 4.31. The van der Waals surface area contributed by atoms with Crippen molar-refractivity contribution < 1.29 is 14.3 Å². The van der Waals surface area contributed by atoms with Gasteiger partial charge in [-0.3, -0.25) is 14.7 Å². The predicted molar refractivity (Wildman–Crippen MR) is 126 cm³/mol. The maximum Gasteiger partial charge on any atom is 0.321 e. The van der Waals surface area contributed by atoms with Crippen LogP contribution in [-0.4, -0.2) is 45.6 Å². The number of imide groups is 1. The molecule has 3 amide bonds. The molecule has 8 nitrogen and oxygen atoms in total. The van der Waals surface area contributed by atoms with E-state index in [2.05, 4.69) is 20.8 Å². The van der Waals surface area contributed by atoms with E-state index >= 15 is 0 Å². The first-order valence-electron chi connectivity index (χ1n) is 10.2. The van der Waals surface area contributed by atoms with Gasteiger partial charge in [-0.2, -0.15) is 0 Å². The topological polar surface area (TPSA) is 98.1 Å². The fourth-order valence-corrected chi connectivity index (χ4v) is 3.79. The fraction of sp³-hybridized carbons (Fsp3) is 0.273. The first kappa shape index (κ1) is 23.6. The minimum atomic E-state index is -0.509. The summed E-state index contributed by atoms with van der Waals surface area (Å²) in [6, 6.07) is 14.3.